The molecule has 4 aliphatic carbocycles. The van der Waals surface area contributed by atoms with Gasteiger partial charge in [0.1, 0.15) is 5.78 Å². The lowest BCUT2D eigenvalue weighted by molar-refractivity contribution is -0.152. The monoisotopic (exact) mass is 346 g/mol. The average Bonchev–Trinajstić information content (AvgIpc) is 2.85. The fourth-order valence-corrected chi connectivity index (χ4v) is 7.41. The Bertz CT molecular complexity index is 652. The number of ketones is 2. The van der Waals surface area contributed by atoms with E-state index >= 15 is 0 Å². The van der Waals surface area contributed by atoms with Gasteiger partial charge in [-0.3, -0.25) is 9.59 Å². The Kier molecular flexibility index (Phi) is 3.83. The molecule has 7 unspecified atom stereocenters. The van der Waals surface area contributed by atoms with E-state index < -0.39 is 12.2 Å². The van der Waals surface area contributed by atoms with Gasteiger partial charge in [-0.15, -0.1) is 0 Å². The number of carbonyl (C=O) groups is 2. The molecule has 0 saturated heterocycles. The van der Waals surface area contributed by atoms with E-state index in [0.29, 0.717) is 31.6 Å². The fourth-order valence-electron chi connectivity index (χ4n) is 7.41. The highest BCUT2D eigenvalue weighted by Gasteiger charge is 2.63. The summed E-state index contributed by atoms with van der Waals surface area (Å²) >= 11 is 0. The number of aliphatic hydroxyl groups is 2. The van der Waals surface area contributed by atoms with Gasteiger partial charge in [-0.1, -0.05) is 13.8 Å². The zero-order valence-electron chi connectivity index (χ0n) is 15.5. The minimum Gasteiger partial charge on any atom is -0.393 e. The van der Waals surface area contributed by atoms with Crippen molar-refractivity contribution >= 4 is 11.6 Å². The molecule has 0 spiro atoms. The molecule has 0 bridgehead atoms. The Morgan fingerprint density at radius 1 is 1.24 bits per heavy atom. The van der Waals surface area contributed by atoms with Crippen LogP contribution in [0.15, 0.2) is 11.6 Å². The minimum atomic E-state index is -0.596. The molecule has 3 saturated carbocycles. The summed E-state index contributed by atoms with van der Waals surface area (Å²) in [6, 6.07) is 0. The maximum atomic E-state index is 12.2. The molecule has 0 radical (unpaired) electrons. The second kappa shape index (κ2) is 5.50. The van der Waals surface area contributed by atoms with Crippen LogP contribution in [0.3, 0.4) is 0 Å². The van der Waals surface area contributed by atoms with Crippen LogP contribution in [-0.4, -0.2) is 34.0 Å². The Morgan fingerprint density at radius 3 is 2.64 bits per heavy atom. The van der Waals surface area contributed by atoms with Crippen LogP contribution in [0.4, 0.5) is 0 Å². The van der Waals surface area contributed by atoms with Crippen molar-refractivity contribution in [3.63, 3.8) is 0 Å². The lowest BCUT2D eigenvalue weighted by Crippen LogP contribution is -2.59. The van der Waals surface area contributed by atoms with Crippen LogP contribution >= 0.6 is 0 Å². The van der Waals surface area contributed by atoms with Crippen LogP contribution in [-0.2, 0) is 9.59 Å². The van der Waals surface area contributed by atoms with Gasteiger partial charge in [-0.2, -0.15) is 0 Å². The summed E-state index contributed by atoms with van der Waals surface area (Å²) in [5.74, 6) is 1.05. The van der Waals surface area contributed by atoms with Gasteiger partial charge >= 0.3 is 0 Å². The van der Waals surface area contributed by atoms with Crippen LogP contribution in [0, 0.1) is 34.5 Å². The third kappa shape index (κ3) is 2.26. The van der Waals surface area contributed by atoms with E-state index in [9.17, 15) is 19.8 Å². The van der Waals surface area contributed by atoms with E-state index in [-0.39, 0.29) is 40.2 Å². The highest BCUT2D eigenvalue weighted by atomic mass is 16.3. The molecule has 25 heavy (non-hydrogen) atoms. The Hall–Kier alpha value is -1.00. The average molecular weight is 346 g/mol. The molecule has 4 aliphatic rings. The van der Waals surface area contributed by atoms with Gasteiger partial charge < -0.3 is 10.2 Å². The van der Waals surface area contributed by atoms with E-state index in [2.05, 4.69) is 13.8 Å². The molecule has 0 heterocycles. The van der Waals surface area contributed by atoms with Gasteiger partial charge in [-0.05, 0) is 79.3 Å². The third-order valence-corrected chi connectivity index (χ3v) is 8.40. The first kappa shape index (κ1) is 17.4. The summed E-state index contributed by atoms with van der Waals surface area (Å²) < 4.78 is 0. The second-order valence-electron chi connectivity index (χ2n) is 9.55. The summed E-state index contributed by atoms with van der Waals surface area (Å²) in [5.41, 5.74) is 0.383. The number of aliphatic hydroxyl groups excluding tert-OH is 2. The van der Waals surface area contributed by atoms with Crippen LogP contribution in [0.5, 0.6) is 0 Å². The van der Waals surface area contributed by atoms with Gasteiger partial charge in [0.15, 0.2) is 5.78 Å². The van der Waals surface area contributed by atoms with Crippen molar-refractivity contribution in [1.29, 1.82) is 0 Å². The SMILES string of the molecule is CC(=O)C1CCC2C3CC(O)C4=CC(=O)CCC4(C)C3[C@H](O)CC12C. The maximum Gasteiger partial charge on any atom is 0.155 e. The molecule has 0 aromatic heterocycles. The van der Waals surface area contributed by atoms with Gasteiger partial charge in [0, 0.05) is 12.3 Å². The zero-order chi connectivity index (χ0) is 18.1. The quantitative estimate of drug-likeness (QED) is 0.765. The van der Waals surface area contributed by atoms with E-state index in [1.165, 1.54) is 0 Å². The fraction of sp³-hybridized carbons (Fsp3) is 0.810. The first-order chi connectivity index (χ1) is 11.7. The van der Waals surface area contributed by atoms with Crippen molar-refractivity contribution in [3.05, 3.63) is 11.6 Å². The van der Waals surface area contributed by atoms with E-state index in [4.69, 9.17) is 0 Å². The van der Waals surface area contributed by atoms with Crippen LogP contribution < -0.4 is 0 Å². The molecule has 8 atom stereocenters. The smallest absolute Gasteiger partial charge is 0.155 e. The third-order valence-electron chi connectivity index (χ3n) is 8.40. The molecule has 4 heteroatoms. The summed E-state index contributed by atoms with van der Waals surface area (Å²) in [6.07, 6.45) is 4.99. The molecule has 0 amide bonds. The molecule has 138 valence electrons. The number of Topliss-reactive ketones (excluding diaryl/α,β-unsaturated/α-hetero) is 1. The lowest BCUT2D eigenvalue weighted by Gasteiger charge is -2.60. The maximum absolute atomic E-state index is 12.2. The molecule has 0 aromatic rings. The molecular formula is C21H30O4. The first-order valence-electron chi connectivity index (χ1n) is 9.80. The van der Waals surface area contributed by atoms with E-state index in [1.807, 2.05) is 0 Å². The van der Waals surface area contributed by atoms with Crippen molar-refractivity contribution in [2.24, 2.45) is 34.5 Å². The van der Waals surface area contributed by atoms with Crippen molar-refractivity contribution < 1.29 is 19.8 Å². The predicted molar refractivity (Wildman–Crippen MR) is 93.7 cm³/mol. The van der Waals surface area contributed by atoms with Crippen LogP contribution in [0.2, 0.25) is 0 Å². The van der Waals surface area contributed by atoms with Crippen LogP contribution in [0.25, 0.3) is 0 Å². The van der Waals surface area contributed by atoms with Crippen molar-refractivity contribution in [2.45, 2.75) is 71.5 Å². The van der Waals surface area contributed by atoms with Gasteiger partial charge in [0.2, 0.25) is 0 Å². The predicted octanol–water partition coefficient (Wildman–Crippen LogP) is 2.67. The number of carbonyl (C=O) groups excluding carboxylic acids is 2. The molecule has 0 aliphatic heterocycles. The largest absolute Gasteiger partial charge is 0.393 e. The Morgan fingerprint density at radius 2 is 1.96 bits per heavy atom. The lowest BCUT2D eigenvalue weighted by atomic mass is 9.45. The Balaban J connectivity index is 1.76. The van der Waals surface area contributed by atoms with Gasteiger partial charge in [0.05, 0.1) is 12.2 Å². The number of hydrogen-bond acceptors (Lipinski definition) is 4. The standard InChI is InChI=1S/C21H30O4/c1-11(22)14-4-5-15-13-9-17(24)16-8-12(23)6-7-20(16,2)19(13)18(25)10-21(14,15)3/h8,13-15,17-19,24-25H,4-7,9-10H2,1-3H3/t13?,14?,15?,17?,18-,19?,20?,21?/m1/s1. The number of hydrogen-bond donors (Lipinski definition) is 2. The van der Waals surface area contributed by atoms with E-state index in [1.54, 1.807) is 13.0 Å². The van der Waals surface area contributed by atoms with Gasteiger partial charge in [0.25, 0.3) is 0 Å². The summed E-state index contributed by atoms with van der Waals surface area (Å²) in [4.78, 5) is 24.1. The summed E-state index contributed by atoms with van der Waals surface area (Å²) in [7, 11) is 0. The highest BCUT2D eigenvalue weighted by molar-refractivity contribution is 5.92. The van der Waals surface area contributed by atoms with Crippen molar-refractivity contribution in [3.8, 4) is 0 Å². The topological polar surface area (TPSA) is 74.6 Å². The summed E-state index contributed by atoms with van der Waals surface area (Å²) in [6.45, 7) is 6.00. The number of rotatable bonds is 1. The second-order valence-corrected chi connectivity index (χ2v) is 9.55. The van der Waals surface area contributed by atoms with Crippen LogP contribution in [0.1, 0.15) is 59.3 Å². The zero-order valence-corrected chi connectivity index (χ0v) is 15.5. The Labute approximate surface area is 149 Å². The van der Waals surface area contributed by atoms with E-state index in [0.717, 1.165) is 18.4 Å². The summed E-state index contributed by atoms with van der Waals surface area (Å²) in [5, 5.41) is 22.0. The molecule has 2 N–H and O–H groups in total. The van der Waals surface area contributed by atoms with Crippen molar-refractivity contribution in [2.75, 3.05) is 0 Å². The molecular weight excluding hydrogens is 316 g/mol. The highest BCUT2D eigenvalue weighted by Crippen LogP contribution is 2.66. The minimum absolute atomic E-state index is 0.0305. The molecule has 0 aromatic carbocycles. The van der Waals surface area contributed by atoms with Gasteiger partial charge in [-0.25, -0.2) is 0 Å². The molecule has 3 fully saturated rings. The molecule has 4 rings (SSSR count). The number of fused-ring (bicyclic) bond motifs is 5. The van der Waals surface area contributed by atoms with Crippen molar-refractivity contribution in [1.82, 2.24) is 0 Å². The molecule has 4 nitrogen and oxygen atoms in total. The normalized spacial score (nSPS) is 52.0. The first-order valence-corrected chi connectivity index (χ1v) is 9.80.